The molecule has 0 bridgehead atoms. The van der Waals surface area contributed by atoms with Crippen molar-refractivity contribution >= 4 is 5.91 Å². The van der Waals surface area contributed by atoms with Gasteiger partial charge in [0.15, 0.2) is 0 Å². The van der Waals surface area contributed by atoms with Crippen molar-refractivity contribution in [2.75, 3.05) is 19.6 Å². The van der Waals surface area contributed by atoms with Crippen LogP contribution in [0.15, 0.2) is 0 Å². The Kier molecular flexibility index (Phi) is 4.07. The zero-order valence-corrected chi connectivity index (χ0v) is 13.2. The van der Waals surface area contributed by atoms with E-state index >= 15 is 0 Å². The van der Waals surface area contributed by atoms with Gasteiger partial charge >= 0.3 is 0 Å². The first kappa shape index (κ1) is 14.4. The molecule has 1 saturated carbocycles. The summed E-state index contributed by atoms with van der Waals surface area (Å²) in [5.74, 6) is 2.42. The van der Waals surface area contributed by atoms with Crippen molar-refractivity contribution in [1.82, 2.24) is 10.2 Å². The molecular formula is C17H30N2O. The number of hydrogen-bond donors (Lipinski definition) is 1. The standard InChI is InChI=1S/C17H30N2O/c1-17(2)15-11-18-10-14(15)12-19(17)16(20)9-13-7-5-3-4-6-8-13/h13-15,18H,3-12H2,1-2H3. The quantitative estimate of drug-likeness (QED) is 0.788. The topological polar surface area (TPSA) is 32.3 Å². The van der Waals surface area contributed by atoms with Gasteiger partial charge in [-0.2, -0.15) is 0 Å². The third-order valence-corrected chi connectivity index (χ3v) is 6.10. The van der Waals surface area contributed by atoms with E-state index in [2.05, 4.69) is 24.1 Å². The lowest BCUT2D eigenvalue weighted by molar-refractivity contribution is -0.136. The number of fused-ring (bicyclic) bond motifs is 1. The number of likely N-dealkylation sites (tertiary alicyclic amines) is 1. The smallest absolute Gasteiger partial charge is 0.223 e. The number of nitrogens with one attached hydrogen (secondary N) is 1. The first-order valence-electron chi connectivity index (χ1n) is 8.60. The third kappa shape index (κ3) is 2.61. The summed E-state index contributed by atoms with van der Waals surface area (Å²) in [7, 11) is 0. The van der Waals surface area contributed by atoms with Gasteiger partial charge in [-0.25, -0.2) is 0 Å². The summed E-state index contributed by atoms with van der Waals surface area (Å²) in [6.07, 6.45) is 8.75. The van der Waals surface area contributed by atoms with Gasteiger partial charge in [-0.05, 0) is 44.4 Å². The van der Waals surface area contributed by atoms with Gasteiger partial charge < -0.3 is 10.2 Å². The van der Waals surface area contributed by atoms with Crippen LogP contribution < -0.4 is 5.32 Å². The average molecular weight is 278 g/mol. The molecule has 3 nitrogen and oxygen atoms in total. The fourth-order valence-corrected chi connectivity index (χ4v) is 4.77. The molecule has 3 aliphatic rings. The minimum Gasteiger partial charge on any atom is -0.337 e. The fourth-order valence-electron chi connectivity index (χ4n) is 4.77. The maximum absolute atomic E-state index is 12.8. The second-order valence-electron chi connectivity index (χ2n) is 7.74. The van der Waals surface area contributed by atoms with Crippen LogP contribution in [0.5, 0.6) is 0 Å². The van der Waals surface area contributed by atoms with Crippen molar-refractivity contribution in [2.24, 2.45) is 17.8 Å². The molecule has 0 spiro atoms. The van der Waals surface area contributed by atoms with E-state index in [1.165, 1.54) is 38.5 Å². The molecule has 0 radical (unpaired) electrons. The van der Waals surface area contributed by atoms with E-state index in [0.29, 0.717) is 23.7 Å². The Bertz CT molecular complexity index is 358. The lowest BCUT2D eigenvalue weighted by Gasteiger charge is -2.36. The lowest BCUT2D eigenvalue weighted by atomic mass is 9.84. The van der Waals surface area contributed by atoms with Crippen molar-refractivity contribution in [2.45, 2.75) is 64.3 Å². The molecule has 2 atom stereocenters. The first-order valence-corrected chi connectivity index (χ1v) is 8.60. The van der Waals surface area contributed by atoms with E-state index in [1.54, 1.807) is 0 Å². The molecule has 1 amide bonds. The summed E-state index contributed by atoms with van der Waals surface area (Å²) < 4.78 is 0. The highest BCUT2D eigenvalue weighted by atomic mass is 16.2. The molecular weight excluding hydrogens is 248 g/mol. The molecule has 2 unspecified atom stereocenters. The Labute approximate surface area is 123 Å². The molecule has 114 valence electrons. The largest absolute Gasteiger partial charge is 0.337 e. The van der Waals surface area contributed by atoms with Crippen LogP contribution in [-0.4, -0.2) is 36.0 Å². The Balaban J connectivity index is 1.62. The Morgan fingerprint density at radius 3 is 2.50 bits per heavy atom. The van der Waals surface area contributed by atoms with Crippen LogP contribution in [0.2, 0.25) is 0 Å². The van der Waals surface area contributed by atoms with E-state index in [0.717, 1.165) is 26.1 Å². The number of carbonyl (C=O) groups is 1. The molecule has 0 aromatic heterocycles. The highest BCUT2D eigenvalue weighted by molar-refractivity contribution is 5.77. The zero-order valence-electron chi connectivity index (χ0n) is 13.2. The second kappa shape index (κ2) is 5.67. The summed E-state index contributed by atoms with van der Waals surface area (Å²) in [6, 6.07) is 0. The first-order chi connectivity index (χ1) is 9.59. The van der Waals surface area contributed by atoms with E-state index in [9.17, 15) is 4.79 Å². The van der Waals surface area contributed by atoms with E-state index in [-0.39, 0.29) is 5.54 Å². The summed E-state index contributed by atoms with van der Waals surface area (Å²) in [6.45, 7) is 7.72. The van der Waals surface area contributed by atoms with Gasteiger partial charge in [0.2, 0.25) is 5.91 Å². The molecule has 2 aliphatic heterocycles. The average Bonchev–Trinajstić information content (AvgIpc) is 2.85. The minimum absolute atomic E-state index is 0.0516. The monoisotopic (exact) mass is 278 g/mol. The minimum atomic E-state index is 0.0516. The fraction of sp³-hybridized carbons (Fsp3) is 0.941. The molecule has 1 N–H and O–H groups in total. The predicted octanol–water partition coefficient (Wildman–Crippen LogP) is 2.80. The van der Waals surface area contributed by atoms with Crippen LogP contribution in [0.4, 0.5) is 0 Å². The second-order valence-corrected chi connectivity index (χ2v) is 7.74. The van der Waals surface area contributed by atoms with Crippen molar-refractivity contribution in [3.8, 4) is 0 Å². The van der Waals surface area contributed by atoms with Crippen LogP contribution in [0.25, 0.3) is 0 Å². The Hall–Kier alpha value is -0.570. The number of rotatable bonds is 2. The Morgan fingerprint density at radius 2 is 1.85 bits per heavy atom. The molecule has 3 rings (SSSR count). The number of hydrogen-bond acceptors (Lipinski definition) is 2. The molecule has 0 aromatic carbocycles. The van der Waals surface area contributed by atoms with Gasteiger partial charge in [0.25, 0.3) is 0 Å². The Morgan fingerprint density at radius 1 is 1.15 bits per heavy atom. The van der Waals surface area contributed by atoms with E-state index in [4.69, 9.17) is 0 Å². The van der Waals surface area contributed by atoms with Gasteiger partial charge in [0.05, 0.1) is 0 Å². The van der Waals surface area contributed by atoms with Gasteiger partial charge in [-0.15, -0.1) is 0 Å². The van der Waals surface area contributed by atoms with Crippen LogP contribution in [-0.2, 0) is 4.79 Å². The van der Waals surface area contributed by atoms with Crippen molar-refractivity contribution in [1.29, 1.82) is 0 Å². The molecule has 3 heteroatoms. The summed E-state index contributed by atoms with van der Waals surface area (Å²) >= 11 is 0. The lowest BCUT2D eigenvalue weighted by Crippen LogP contribution is -2.48. The number of carbonyl (C=O) groups excluding carboxylic acids is 1. The van der Waals surface area contributed by atoms with Crippen LogP contribution in [0.1, 0.15) is 58.8 Å². The highest BCUT2D eigenvalue weighted by Crippen LogP contribution is 2.41. The van der Waals surface area contributed by atoms with Gasteiger partial charge in [0, 0.05) is 31.6 Å². The molecule has 2 heterocycles. The van der Waals surface area contributed by atoms with Gasteiger partial charge in [-0.3, -0.25) is 4.79 Å². The van der Waals surface area contributed by atoms with Crippen LogP contribution >= 0.6 is 0 Å². The molecule has 3 fully saturated rings. The molecule has 20 heavy (non-hydrogen) atoms. The van der Waals surface area contributed by atoms with Crippen molar-refractivity contribution < 1.29 is 4.79 Å². The third-order valence-electron chi connectivity index (χ3n) is 6.10. The molecule has 2 saturated heterocycles. The zero-order chi connectivity index (χ0) is 14.2. The van der Waals surface area contributed by atoms with Crippen molar-refractivity contribution in [3.63, 3.8) is 0 Å². The SMILES string of the molecule is CC1(C)C2CNCC2CN1C(=O)CC1CCCCCC1. The van der Waals surface area contributed by atoms with E-state index < -0.39 is 0 Å². The molecule has 1 aliphatic carbocycles. The van der Waals surface area contributed by atoms with E-state index in [1.807, 2.05) is 0 Å². The highest BCUT2D eigenvalue weighted by Gasteiger charge is 2.51. The number of amides is 1. The summed E-state index contributed by atoms with van der Waals surface area (Å²) in [4.78, 5) is 15.0. The van der Waals surface area contributed by atoms with Gasteiger partial charge in [-0.1, -0.05) is 25.7 Å². The molecule has 0 aromatic rings. The van der Waals surface area contributed by atoms with Crippen molar-refractivity contribution in [3.05, 3.63) is 0 Å². The summed E-state index contributed by atoms with van der Waals surface area (Å²) in [5.41, 5.74) is 0.0516. The van der Waals surface area contributed by atoms with Crippen LogP contribution in [0.3, 0.4) is 0 Å². The predicted molar refractivity (Wildman–Crippen MR) is 81.5 cm³/mol. The van der Waals surface area contributed by atoms with Gasteiger partial charge in [0.1, 0.15) is 0 Å². The summed E-state index contributed by atoms with van der Waals surface area (Å²) in [5, 5.41) is 3.49. The van der Waals surface area contributed by atoms with Crippen LogP contribution in [0, 0.1) is 17.8 Å². The maximum Gasteiger partial charge on any atom is 0.223 e. The normalized spacial score (nSPS) is 34.0. The number of nitrogens with zero attached hydrogens (tertiary/aromatic N) is 1. The maximum atomic E-state index is 12.8.